The van der Waals surface area contributed by atoms with Gasteiger partial charge < -0.3 is 10.2 Å². The number of nitrogens with one attached hydrogen (secondary N) is 1. The van der Waals surface area contributed by atoms with Gasteiger partial charge in [0.1, 0.15) is 0 Å². The van der Waals surface area contributed by atoms with Crippen LogP contribution >= 0.6 is 11.6 Å². The van der Waals surface area contributed by atoms with E-state index in [9.17, 15) is 4.79 Å². The Bertz CT molecular complexity index is 1080. The quantitative estimate of drug-likeness (QED) is 0.513. The smallest absolute Gasteiger partial charge is 0.255 e. The molecule has 1 N–H and O–H groups in total. The molecule has 0 bridgehead atoms. The van der Waals surface area contributed by atoms with Crippen molar-refractivity contribution < 1.29 is 4.79 Å². The van der Waals surface area contributed by atoms with Crippen molar-refractivity contribution in [2.75, 3.05) is 44.2 Å². The van der Waals surface area contributed by atoms with Crippen LogP contribution in [0.1, 0.15) is 33.7 Å². The lowest BCUT2D eigenvalue weighted by Crippen LogP contribution is -2.47. The summed E-state index contributed by atoms with van der Waals surface area (Å²) in [6.45, 7) is 9.71. The van der Waals surface area contributed by atoms with Crippen molar-refractivity contribution in [3.05, 3.63) is 70.3 Å². The predicted octanol–water partition coefficient (Wildman–Crippen LogP) is 2.93. The van der Waals surface area contributed by atoms with Crippen LogP contribution in [-0.2, 0) is 6.54 Å². The number of hydrogen-bond donors (Lipinski definition) is 1. The first-order chi connectivity index (χ1) is 16.0. The zero-order chi connectivity index (χ0) is 23.2. The van der Waals surface area contributed by atoms with Gasteiger partial charge in [-0.1, -0.05) is 29.8 Å². The summed E-state index contributed by atoms with van der Waals surface area (Å²) in [5.74, 6) is 0.728. The Hall–Kier alpha value is -2.97. The second kappa shape index (κ2) is 10.8. The third-order valence-corrected chi connectivity index (χ3v) is 6.40. The van der Waals surface area contributed by atoms with Crippen molar-refractivity contribution in [1.82, 2.24) is 30.0 Å². The number of carbonyl (C=O) groups is 1. The first-order valence-corrected chi connectivity index (χ1v) is 11.7. The molecule has 1 fully saturated rings. The Morgan fingerprint density at radius 2 is 1.79 bits per heavy atom. The van der Waals surface area contributed by atoms with Gasteiger partial charge in [-0.2, -0.15) is 5.10 Å². The fourth-order valence-corrected chi connectivity index (χ4v) is 4.38. The third kappa shape index (κ3) is 5.69. The summed E-state index contributed by atoms with van der Waals surface area (Å²) in [5.41, 5.74) is 3.22. The molecule has 0 radical (unpaired) electrons. The first kappa shape index (κ1) is 23.2. The molecule has 1 saturated heterocycles. The van der Waals surface area contributed by atoms with E-state index in [-0.39, 0.29) is 5.91 Å². The van der Waals surface area contributed by atoms with Crippen molar-refractivity contribution in [3.63, 3.8) is 0 Å². The number of halogens is 1. The molecule has 3 aromatic rings. The second-order valence-electron chi connectivity index (χ2n) is 8.28. The molecule has 0 unspecified atom stereocenters. The molecule has 0 atom stereocenters. The van der Waals surface area contributed by atoms with Gasteiger partial charge in [0.05, 0.1) is 17.8 Å². The topological polar surface area (TPSA) is 79.2 Å². The summed E-state index contributed by atoms with van der Waals surface area (Å²) < 4.78 is 1.85. The maximum Gasteiger partial charge on any atom is 0.255 e. The van der Waals surface area contributed by atoms with Gasteiger partial charge >= 0.3 is 0 Å². The van der Waals surface area contributed by atoms with Gasteiger partial charge in [-0.3, -0.25) is 14.4 Å². The number of hydrogen-bond acceptors (Lipinski definition) is 6. The molecule has 1 aromatic carbocycles. The number of amides is 1. The van der Waals surface area contributed by atoms with E-state index >= 15 is 0 Å². The van der Waals surface area contributed by atoms with Crippen molar-refractivity contribution in [1.29, 1.82) is 0 Å². The lowest BCUT2D eigenvalue weighted by atomic mass is 10.1. The third-order valence-electron chi connectivity index (χ3n) is 6.03. The minimum atomic E-state index is -0.0681. The van der Waals surface area contributed by atoms with Gasteiger partial charge in [-0.25, -0.2) is 9.97 Å². The molecule has 0 saturated carbocycles. The fraction of sp³-hybridized carbons (Fsp3) is 0.417. The van der Waals surface area contributed by atoms with E-state index in [4.69, 9.17) is 11.6 Å². The Balaban J connectivity index is 1.23. The molecular weight excluding hydrogens is 438 g/mol. The van der Waals surface area contributed by atoms with Crippen LogP contribution in [0.4, 0.5) is 5.95 Å². The van der Waals surface area contributed by atoms with Crippen molar-refractivity contribution >= 4 is 23.5 Å². The van der Waals surface area contributed by atoms with Gasteiger partial charge in [-0.05, 0) is 44.5 Å². The van der Waals surface area contributed by atoms with Gasteiger partial charge in [0, 0.05) is 55.8 Å². The number of rotatable bonds is 8. The highest BCUT2D eigenvalue weighted by molar-refractivity contribution is 6.31. The van der Waals surface area contributed by atoms with Crippen LogP contribution in [-0.4, -0.2) is 69.8 Å². The Morgan fingerprint density at radius 1 is 1.06 bits per heavy atom. The molecule has 3 heterocycles. The van der Waals surface area contributed by atoms with Gasteiger partial charge in [0.2, 0.25) is 5.95 Å². The molecule has 4 rings (SSSR count). The number of anilines is 1. The van der Waals surface area contributed by atoms with Crippen molar-refractivity contribution in [2.45, 2.75) is 26.8 Å². The highest BCUT2D eigenvalue weighted by Gasteiger charge is 2.20. The van der Waals surface area contributed by atoms with E-state index in [1.165, 1.54) is 0 Å². The SMILES string of the molecule is Cc1nn(Cc2ccccc2Cl)c(C)c1C(=O)NCCCN1CCN(c2ncccn2)CC1. The second-order valence-corrected chi connectivity index (χ2v) is 8.69. The normalized spacial score (nSPS) is 14.5. The number of benzene rings is 1. The lowest BCUT2D eigenvalue weighted by Gasteiger charge is -2.34. The minimum Gasteiger partial charge on any atom is -0.352 e. The highest BCUT2D eigenvalue weighted by Crippen LogP contribution is 2.19. The average Bonchev–Trinajstić information content (AvgIpc) is 3.11. The first-order valence-electron chi connectivity index (χ1n) is 11.3. The van der Waals surface area contributed by atoms with E-state index in [1.54, 1.807) is 12.4 Å². The Morgan fingerprint density at radius 3 is 2.52 bits per heavy atom. The summed E-state index contributed by atoms with van der Waals surface area (Å²) in [5, 5.41) is 8.35. The Kier molecular flexibility index (Phi) is 7.57. The van der Waals surface area contributed by atoms with Crippen LogP contribution in [0.2, 0.25) is 5.02 Å². The molecule has 1 aliphatic rings. The largest absolute Gasteiger partial charge is 0.352 e. The van der Waals surface area contributed by atoms with Crippen LogP contribution in [0, 0.1) is 13.8 Å². The standard InChI is InChI=1S/C24H30ClN7O/c1-18-22(19(2)32(29-18)17-20-7-3-4-8-21(20)25)23(33)26-11-6-12-30-13-15-31(16-14-30)24-27-9-5-10-28-24/h3-5,7-10H,6,11-17H2,1-2H3,(H,26,33). The predicted molar refractivity (Wildman–Crippen MR) is 130 cm³/mol. The van der Waals surface area contributed by atoms with E-state index in [1.807, 2.05) is 48.9 Å². The summed E-state index contributed by atoms with van der Waals surface area (Å²) in [7, 11) is 0. The zero-order valence-electron chi connectivity index (χ0n) is 19.2. The number of piperazine rings is 1. The molecule has 174 valence electrons. The van der Waals surface area contributed by atoms with Gasteiger partial charge in [-0.15, -0.1) is 0 Å². The van der Waals surface area contributed by atoms with E-state index in [2.05, 4.69) is 30.2 Å². The maximum absolute atomic E-state index is 12.8. The number of nitrogens with zero attached hydrogens (tertiary/aromatic N) is 6. The fourth-order valence-electron chi connectivity index (χ4n) is 4.19. The molecule has 0 aliphatic carbocycles. The summed E-state index contributed by atoms with van der Waals surface area (Å²) >= 11 is 6.29. The summed E-state index contributed by atoms with van der Waals surface area (Å²) in [6.07, 6.45) is 4.46. The summed E-state index contributed by atoms with van der Waals surface area (Å²) in [4.78, 5) is 26.1. The van der Waals surface area contributed by atoms with Crippen LogP contribution < -0.4 is 10.2 Å². The van der Waals surface area contributed by atoms with Crippen LogP contribution in [0.3, 0.4) is 0 Å². The van der Waals surface area contributed by atoms with Crippen molar-refractivity contribution in [3.8, 4) is 0 Å². The maximum atomic E-state index is 12.8. The summed E-state index contributed by atoms with van der Waals surface area (Å²) in [6, 6.07) is 9.54. The molecule has 8 nitrogen and oxygen atoms in total. The molecule has 1 aliphatic heterocycles. The monoisotopic (exact) mass is 467 g/mol. The molecule has 2 aromatic heterocycles. The van der Waals surface area contributed by atoms with E-state index in [0.29, 0.717) is 23.7 Å². The van der Waals surface area contributed by atoms with Crippen LogP contribution in [0.5, 0.6) is 0 Å². The van der Waals surface area contributed by atoms with Gasteiger partial charge in [0.15, 0.2) is 0 Å². The van der Waals surface area contributed by atoms with Crippen LogP contribution in [0.25, 0.3) is 0 Å². The Labute approximate surface area is 199 Å². The molecular formula is C24H30ClN7O. The van der Waals surface area contributed by atoms with E-state index in [0.717, 1.165) is 62.0 Å². The number of carbonyl (C=O) groups excluding carboxylic acids is 1. The minimum absolute atomic E-state index is 0.0681. The molecule has 33 heavy (non-hydrogen) atoms. The van der Waals surface area contributed by atoms with Crippen molar-refractivity contribution in [2.24, 2.45) is 0 Å². The van der Waals surface area contributed by atoms with Crippen LogP contribution in [0.15, 0.2) is 42.7 Å². The number of aryl methyl sites for hydroxylation is 1. The number of aromatic nitrogens is 4. The molecule has 9 heteroatoms. The lowest BCUT2D eigenvalue weighted by molar-refractivity contribution is 0.0950. The van der Waals surface area contributed by atoms with E-state index < -0.39 is 0 Å². The van der Waals surface area contributed by atoms with Gasteiger partial charge in [0.25, 0.3) is 5.91 Å². The average molecular weight is 468 g/mol. The molecule has 1 amide bonds. The highest BCUT2D eigenvalue weighted by atomic mass is 35.5. The molecule has 0 spiro atoms. The zero-order valence-corrected chi connectivity index (χ0v) is 19.9.